The van der Waals surface area contributed by atoms with Gasteiger partial charge < -0.3 is 10.6 Å². The van der Waals surface area contributed by atoms with Crippen molar-refractivity contribution < 1.29 is 0 Å². The molecule has 2 heteroatoms. The summed E-state index contributed by atoms with van der Waals surface area (Å²) in [5.41, 5.74) is 0.499. The van der Waals surface area contributed by atoms with E-state index in [-0.39, 0.29) is 11.1 Å². The number of rotatable bonds is 4. The molecule has 1 saturated carbocycles. The maximum absolute atomic E-state index is 3.69. The molecule has 2 N–H and O–H groups in total. The van der Waals surface area contributed by atoms with Crippen molar-refractivity contribution >= 4 is 0 Å². The Balaban J connectivity index is 2.42. The zero-order valence-electron chi connectivity index (χ0n) is 13.4. The van der Waals surface area contributed by atoms with Gasteiger partial charge in [0.15, 0.2) is 0 Å². The number of hydrogen-bond acceptors (Lipinski definition) is 2. The average molecular weight is 254 g/mol. The second-order valence-corrected chi connectivity index (χ2v) is 8.07. The highest BCUT2D eigenvalue weighted by atomic mass is 15.0. The predicted molar refractivity (Wildman–Crippen MR) is 81.0 cm³/mol. The summed E-state index contributed by atoms with van der Waals surface area (Å²) in [4.78, 5) is 0. The lowest BCUT2D eigenvalue weighted by molar-refractivity contribution is 0.197. The Hall–Kier alpha value is -0.0800. The van der Waals surface area contributed by atoms with Crippen LogP contribution in [0.4, 0.5) is 0 Å². The first-order chi connectivity index (χ1) is 8.17. The molecule has 2 atom stereocenters. The second-order valence-electron chi connectivity index (χ2n) is 8.07. The first-order valence-electron chi connectivity index (χ1n) is 7.67. The molecule has 0 spiro atoms. The van der Waals surface area contributed by atoms with Crippen molar-refractivity contribution in [1.29, 1.82) is 0 Å². The predicted octanol–water partition coefficient (Wildman–Crippen LogP) is 3.57. The van der Waals surface area contributed by atoms with Gasteiger partial charge >= 0.3 is 0 Å². The van der Waals surface area contributed by atoms with Gasteiger partial charge in [-0.1, -0.05) is 12.8 Å². The Kier molecular flexibility index (Phi) is 5.67. The molecule has 0 bridgehead atoms. The monoisotopic (exact) mass is 254 g/mol. The normalized spacial score (nSPS) is 26.3. The summed E-state index contributed by atoms with van der Waals surface area (Å²) in [6.45, 7) is 15.9. The van der Waals surface area contributed by atoms with Gasteiger partial charge in [0.1, 0.15) is 0 Å². The van der Waals surface area contributed by atoms with Gasteiger partial charge in [0, 0.05) is 11.1 Å². The summed E-state index contributed by atoms with van der Waals surface area (Å²) in [6, 6.07) is 0. The molecule has 0 radical (unpaired) electrons. The van der Waals surface area contributed by atoms with Crippen molar-refractivity contribution in [3.63, 3.8) is 0 Å². The molecule has 0 aliphatic heterocycles. The standard InChI is InChI=1S/C16H34N2/c1-15(2,3)17-11-13-9-7-8-10-14(13)12-18-16(4,5)6/h13-14,17-18H,7-12H2,1-6H3. The van der Waals surface area contributed by atoms with Gasteiger partial charge in [0.25, 0.3) is 0 Å². The summed E-state index contributed by atoms with van der Waals surface area (Å²) < 4.78 is 0. The lowest BCUT2D eigenvalue weighted by Crippen LogP contribution is -2.45. The fraction of sp³-hybridized carbons (Fsp3) is 1.00. The lowest BCUT2D eigenvalue weighted by Gasteiger charge is -2.36. The average Bonchev–Trinajstić information content (AvgIpc) is 2.22. The Bertz CT molecular complexity index is 208. The molecule has 1 rings (SSSR count). The number of hydrogen-bond donors (Lipinski definition) is 2. The third-order valence-corrected chi connectivity index (χ3v) is 3.86. The van der Waals surface area contributed by atoms with E-state index in [0.29, 0.717) is 0 Å². The summed E-state index contributed by atoms with van der Waals surface area (Å²) >= 11 is 0. The topological polar surface area (TPSA) is 24.1 Å². The van der Waals surface area contributed by atoms with Gasteiger partial charge in [-0.05, 0) is 79.3 Å². The summed E-state index contributed by atoms with van der Waals surface area (Å²) in [5, 5.41) is 7.38. The summed E-state index contributed by atoms with van der Waals surface area (Å²) in [7, 11) is 0. The third kappa shape index (κ3) is 6.75. The van der Waals surface area contributed by atoms with E-state index < -0.39 is 0 Å². The minimum Gasteiger partial charge on any atom is -0.312 e. The van der Waals surface area contributed by atoms with Crippen LogP contribution >= 0.6 is 0 Å². The first-order valence-corrected chi connectivity index (χ1v) is 7.67. The molecule has 108 valence electrons. The summed E-state index contributed by atoms with van der Waals surface area (Å²) in [5.74, 6) is 1.71. The third-order valence-electron chi connectivity index (χ3n) is 3.86. The molecule has 0 aromatic heterocycles. The van der Waals surface area contributed by atoms with E-state index in [1.807, 2.05) is 0 Å². The minimum atomic E-state index is 0.249. The Morgan fingerprint density at radius 3 is 1.33 bits per heavy atom. The van der Waals surface area contributed by atoms with Crippen molar-refractivity contribution in [3.05, 3.63) is 0 Å². The Morgan fingerprint density at radius 2 is 1.06 bits per heavy atom. The molecule has 1 aliphatic rings. The van der Waals surface area contributed by atoms with Crippen molar-refractivity contribution in [2.75, 3.05) is 13.1 Å². The van der Waals surface area contributed by atoms with Crippen LogP contribution in [0.2, 0.25) is 0 Å². The van der Waals surface area contributed by atoms with Gasteiger partial charge in [0.05, 0.1) is 0 Å². The highest BCUT2D eigenvalue weighted by Crippen LogP contribution is 2.29. The Labute approximate surface area is 114 Å². The molecular weight excluding hydrogens is 220 g/mol. The van der Waals surface area contributed by atoms with E-state index in [4.69, 9.17) is 0 Å². The quantitative estimate of drug-likeness (QED) is 0.801. The molecule has 1 aliphatic carbocycles. The zero-order chi connectivity index (χ0) is 13.8. The van der Waals surface area contributed by atoms with Gasteiger partial charge in [-0.15, -0.1) is 0 Å². The highest BCUT2D eigenvalue weighted by Gasteiger charge is 2.26. The van der Waals surface area contributed by atoms with Crippen LogP contribution in [0, 0.1) is 11.8 Å². The Morgan fingerprint density at radius 1 is 0.722 bits per heavy atom. The van der Waals surface area contributed by atoms with Gasteiger partial charge in [-0.3, -0.25) is 0 Å². The van der Waals surface area contributed by atoms with Crippen molar-refractivity contribution in [2.45, 2.75) is 78.3 Å². The van der Waals surface area contributed by atoms with Crippen LogP contribution in [-0.2, 0) is 0 Å². The van der Waals surface area contributed by atoms with Crippen molar-refractivity contribution in [2.24, 2.45) is 11.8 Å². The van der Waals surface area contributed by atoms with E-state index in [1.54, 1.807) is 0 Å². The van der Waals surface area contributed by atoms with Crippen molar-refractivity contribution in [3.8, 4) is 0 Å². The van der Waals surface area contributed by atoms with Crippen LogP contribution in [0.5, 0.6) is 0 Å². The van der Waals surface area contributed by atoms with Gasteiger partial charge in [-0.2, -0.15) is 0 Å². The van der Waals surface area contributed by atoms with E-state index in [2.05, 4.69) is 52.2 Å². The molecule has 2 nitrogen and oxygen atoms in total. The lowest BCUT2D eigenvalue weighted by atomic mass is 9.78. The maximum atomic E-state index is 3.69. The molecule has 0 aromatic rings. The SMILES string of the molecule is CC(C)(C)NCC1CCCCC1CNC(C)(C)C. The number of nitrogens with one attached hydrogen (secondary N) is 2. The molecule has 0 saturated heterocycles. The van der Waals surface area contributed by atoms with Crippen LogP contribution in [0.1, 0.15) is 67.2 Å². The molecule has 0 aromatic carbocycles. The van der Waals surface area contributed by atoms with Gasteiger partial charge in [0.2, 0.25) is 0 Å². The summed E-state index contributed by atoms with van der Waals surface area (Å²) in [6.07, 6.45) is 5.64. The molecular formula is C16H34N2. The van der Waals surface area contributed by atoms with Crippen LogP contribution in [-0.4, -0.2) is 24.2 Å². The highest BCUT2D eigenvalue weighted by molar-refractivity contribution is 4.83. The largest absolute Gasteiger partial charge is 0.312 e. The molecule has 0 amide bonds. The van der Waals surface area contributed by atoms with Gasteiger partial charge in [-0.25, -0.2) is 0 Å². The molecule has 0 heterocycles. The molecule has 18 heavy (non-hydrogen) atoms. The van der Waals surface area contributed by atoms with E-state index in [9.17, 15) is 0 Å². The van der Waals surface area contributed by atoms with Crippen LogP contribution in [0.15, 0.2) is 0 Å². The zero-order valence-corrected chi connectivity index (χ0v) is 13.4. The van der Waals surface area contributed by atoms with Crippen LogP contribution < -0.4 is 10.6 Å². The van der Waals surface area contributed by atoms with E-state index in [0.717, 1.165) is 11.8 Å². The van der Waals surface area contributed by atoms with Crippen molar-refractivity contribution in [1.82, 2.24) is 10.6 Å². The smallest absolute Gasteiger partial charge is 0.00966 e. The van der Waals surface area contributed by atoms with Crippen LogP contribution in [0.25, 0.3) is 0 Å². The van der Waals surface area contributed by atoms with E-state index >= 15 is 0 Å². The second kappa shape index (κ2) is 6.38. The van der Waals surface area contributed by atoms with E-state index in [1.165, 1.54) is 38.8 Å². The molecule has 2 unspecified atom stereocenters. The maximum Gasteiger partial charge on any atom is 0.00966 e. The minimum absolute atomic E-state index is 0.249. The first kappa shape index (κ1) is 16.0. The fourth-order valence-corrected chi connectivity index (χ4v) is 2.70. The fourth-order valence-electron chi connectivity index (χ4n) is 2.70. The molecule has 1 fully saturated rings. The van der Waals surface area contributed by atoms with Crippen LogP contribution in [0.3, 0.4) is 0 Å².